The van der Waals surface area contributed by atoms with Gasteiger partial charge in [0.2, 0.25) is 0 Å². The summed E-state index contributed by atoms with van der Waals surface area (Å²) in [6, 6.07) is 0. The summed E-state index contributed by atoms with van der Waals surface area (Å²) < 4.78 is 1.49. The van der Waals surface area contributed by atoms with Crippen molar-refractivity contribution in [2.75, 3.05) is 13.1 Å². The van der Waals surface area contributed by atoms with Crippen LogP contribution in [0.5, 0.6) is 0 Å². The zero-order valence-electron chi connectivity index (χ0n) is 7.01. The predicted molar refractivity (Wildman–Crippen MR) is 49.5 cm³/mol. The molecule has 0 aliphatic carbocycles. The van der Waals surface area contributed by atoms with Gasteiger partial charge in [0.05, 0.1) is 0 Å². The van der Waals surface area contributed by atoms with Gasteiger partial charge in [-0.1, -0.05) is 0 Å². The molecule has 0 amide bonds. The van der Waals surface area contributed by atoms with Gasteiger partial charge in [-0.2, -0.15) is 0 Å². The average Bonchev–Trinajstić information content (AvgIpc) is 2.03. The Morgan fingerprint density at radius 2 is 2.45 bits per heavy atom. The van der Waals surface area contributed by atoms with Crippen LogP contribution < -0.4 is 0 Å². The summed E-state index contributed by atoms with van der Waals surface area (Å²) in [7, 11) is 0. The minimum atomic E-state index is 1.12. The SMILES string of the molecule is CCCCN1CC=CC=[C]1[Sn]. The molecule has 0 saturated carbocycles. The first-order valence-electron chi connectivity index (χ1n) is 4.18. The molecular formula is C9H14NSn. The molecule has 0 aromatic heterocycles. The Morgan fingerprint density at radius 3 is 3.09 bits per heavy atom. The van der Waals surface area contributed by atoms with Crippen molar-refractivity contribution in [1.29, 1.82) is 0 Å². The molecule has 1 rings (SSSR count). The Balaban J connectivity index is 2.35. The first-order chi connectivity index (χ1) is 5.34. The summed E-state index contributed by atoms with van der Waals surface area (Å²) in [5, 5.41) is 0. The van der Waals surface area contributed by atoms with Crippen LogP contribution in [0, 0.1) is 0 Å². The Labute approximate surface area is 82.2 Å². The molecule has 3 radical (unpaired) electrons. The summed E-state index contributed by atoms with van der Waals surface area (Å²) in [5.74, 6) is 0. The average molecular weight is 255 g/mol. The molecule has 0 aromatic rings. The molecule has 0 bridgehead atoms. The van der Waals surface area contributed by atoms with E-state index in [9.17, 15) is 0 Å². The Kier molecular flexibility index (Phi) is 4.05. The van der Waals surface area contributed by atoms with E-state index >= 15 is 0 Å². The topological polar surface area (TPSA) is 3.24 Å². The molecule has 1 nitrogen and oxygen atoms in total. The maximum atomic E-state index is 2.46. The van der Waals surface area contributed by atoms with Crippen LogP contribution in [0.15, 0.2) is 21.9 Å². The Hall–Kier alpha value is 0.0787. The van der Waals surface area contributed by atoms with E-state index in [1.54, 1.807) is 0 Å². The summed E-state index contributed by atoms with van der Waals surface area (Å²) in [4.78, 5) is 2.46. The van der Waals surface area contributed by atoms with E-state index in [1.807, 2.05) is 0 Å². The monoisotopic (exact) mass is 256 g/mol. The molecule has 59 valence electrons. The maximum absolute atomic E-state index is 2.46. The number of rotatable bonds is 3. The van der Waals surface area contributed by atoms with Crippen molar-refractivity contribution < 1.29 is 0 Å². The second-order valence-corrected chi connectivity index (χ2v) is 4.24. The van der Waals surface area contributed by atoms with Gasteiger partial charge in [-0.3, -0.25) is 0 Å². The molecule has 1 aliphatic heterocycles. The normalized spacial score (nSPS) is 16.9. The number of unbranched alkanes of at least 4 members (excludes halogenated alkanes) is 1. The first kappa shape index (κ1) is 9.17. The van der Waals surface area contributed by atoms with Gasteiger partial charge in [0.25, 0.3) is 0 Å². The van der Waals surface area contributed by atoms with E-state index in [0.29, 0.717) is 0 Å². The van der Waals surface area contributed by atoms with Crippen LogP contribution in [0.3, 0.4) is 0 Å². The van der Waals surface area contributed by atoms with E-state index in [1.165, 1.54) is 45.6 Å². The van der Waals surface area contributed by atoms with Crippen molar-refractivity contribution >= 4 is 22.5 Å². The molecule has 1 aliphatic rings. The first-order valence-corrected chi connectivity index (χ1v) is 5.60. The third-order valence-corrected chi connectivity index (χ3v) is 3.22. The number of allylic oxidation sites excluding steroid dienone is 2. The van der Waals surface area contributed by atoms with Gasteiger partial charge in [-0.05, 0) is 0 Å². The van der Waals surface area contributed by atoms with Gasteiger partial charge < -0.3 is 0 Å². The van der Waals surface area contributed by atoms with Gasteiger partial charge in [0, 0.05) is 0 Å². The molecule has 2 heteroatoms. The van der Waals surface area contributed by atoms with Crippen molar-refractivity contribution in [3.8, 4) is 0 Å². The molecule has 0 N–H and O–H groups in total. The van der Waals surface area contributed by atoms with Crippen LogP contribution in [0.25, 0.3) is 0 Å². The van der Waals surface area contributed by atoms with Crippen LogP contribution in [-0.2, 0) is 0 Å². The zero-order valence-corrected chi connectivity index (χ0v) is 9.86. The molecule has 11 heavy (non-hydrogen) atoms. The molecule has 0 atom stereocenters. The molecule has 0 aromatic carbocycles. The van der Waals surface area contributed by atoms with Gasteiger partial charge in [0.15, 0.2) is 0 Å². The molecule has 0 saturated heterocycles. The minimum absolute atomic E-state index is 1.12. The third kappa shape index (κ3) is 2.89. The fourth-order valence-corrected chi connectivity index (χ4v) is 1.97. The summed E-state index contributed by atoms with van der Waals surface area (Å²) in [6.07, 6.45) is 9.22. The van der Waals surface area contributed by atoms with E-state index in [-0.39, 0.29) is 0 Å². The zero-order chi connectivity index (χ0) is 8.10. The summed E-state index contributed by atoms with van der Waals surface area (Å²) >= 11 is 1.54. The molecular weight excluding hydrogens is 241 g/mol. The summed E-state index contributed by atoms with van der Waals surface area (Å²) in [6.45, 7) is 4.60. The van der Waals surface area contributed by atoms with Gasteiger partial charge in [-0.25, -0.2) is 0 Å². The molecule has 0 fully saturated rings. The van der Waals surface area contributed by atoms with E-state index in [0.717, 1.165) is 6.54 Å². The number of hydrogen-bond donors (Lipinski definition) is 0. The summed E-state index contributed by atoms with van der Waals surface area (Å²) in [5.41, 5.74) is 0. The van der Waals surface area contributed by atoms with Crippen LogP contribution >= 0.6 is 0 Å². The molecule has 0 unspecified atom stereocenters. The third-order valence-electron chi connectivity index (χ3n) is 1.84. The van der Waals surface area contributed by atoms with Crippen LogP contribution in [-0.4, -0.2) is 40.5 Å². The van der Waals surface area contributed by atoms with Gasteiger partial charge in [-0.15, -0.1) is 0 Å². The second kappa shape index (κ2) is 4.86. The van der Waals surface area contributed by atoms with Crippen molar-refractivity contribution in [1.82, 2.24) is 4.90 Å². The number of hydrogen-bond acceptors (Lipinski definition) is 1. The molecule has 1 heterocycles. The van der Waals surface area contributed by atoms with E-state index in [4.69, 9.17) is 0 Å². The molecule has 0 spiro atoms. The van der Waals surface area contributed by atoms with Gasteiger partial charge in [0.1, 0.15) is 0 Å². The fourth-order valence-electron chi connectivity index (χ4n) is 1.11. The van der Waals surface area contributed by atoms with Crippen LogP contribution in [0.1, 0.15) is 19.8 Å². The van der Waals surface area contributed by atoms with Crippen molar-refractivity contribution in [3.63, 3.8) is 0 Å². The van der Waals surface area contributed by atoms with Crippen molar-refractivity contribution in [3.05, 3.63) is 21.9 Å². The second-order valence-electron chi connectivity index (χ2n) is 2.78. The van der Waals surface area contributed by atoms with Crippen LogP contribution in [0.2, 0.25) is 0 Å². The Morgan fingerprint density at radius 1 is 1.64 bits per heavy atom. The van der Waals surface area contributed by atoms with Gasteiger partial charge >= 0.3 is 82.2 Å². The van der Waals surface area contributed by atoms with E-state index in [2.05, 4.69) is 30.1 Å². The number of nitrogens with zero attached hydrogens (tertiary/aromatic N) is 1. The van der Waals surface area contributed by atoms with E-state index < -0.39 is 0 Å². The standard InChI is InChI=1S/C9H14N.Sn/c1-2-3-7-10-8-5-4-6-9-10;/h4-6H,2-3,7-8H2,1H3;. The predicted octanol–water partition coefficient (Wildman–Crippen LogP) is 1.67. The quantitative estimate of drug-likeness (QED) is 0.693. The van der Waals surface area contributed by atoms with Crippen molar-refractivity contribution in [2.45, 2.75) is 19.8 Å². The van der Waals surface area contributed by atoms with Crippen molar-refractivity contribution in [2.24, 2.45) is 0 Å². The fraction of sp³-hybridized carbons (Fsp3) is 0.556. The van der Waals surface area contributed by atoms with Crippen LogP contribution in [0.4, 0.5) is 0 Å². The Bertz CT molecular complexity index is 172.